The molecule has 0 radical (unpaired) electrons. The number of ether oxygens (including phenoxy) is 1. The fraction of sp³-hybridized carbons (Fsp3) is 0.429. The van der Waals surface area contributed by atoms with Gasteiger partial charge in [-0.25, -0.2) is 13.4 Å². The molecule has 2 heterocycles. The number of imidazole rings is 1. The van der Waals surface area contributed by atoms with Crippen molar-refractivity contribution in [1.82, 2.24) is 9.97 Å². The van der Waals surface area contributed by atoms with E-state index >= 15 is 0 Å². The lowest BCUT2D eigenvalue weighted by atomic mass is 10.1. The van der Waals surface area contributed by atoms with Crippen LogP contribution in [0.25, 0.3) is 11.0 Å². The van der Waals surface area contributed by atoms with Gasteiger partial charge in [0.15, 0.2) is 15.9 Å². The van der Waals surface area contributed by atoms with Crippen LogP contribution in [0.2, 0.25) is 5.02 Å². The lowest BCUT2D eigenvalue weighted by Gasteiger charge is -2.13. The summed E-state index contributed by atoms with van der Waals surface area (Å²) in [6.45, 7) is 1.70. The quantitative estimate of drug-likeness (QED) is 0.864. The number of H-pyrrole nitrogens is 1. The third-order valence-electron chi connectivity index (χ3n) is 3.71. The summed E-state index contributed by atoms with van der Waals surface area (Å²) in [7, 11) is -3.11. The van der Waals surface area contributed by atoms with Gasteiger partial charge in [-0.15, -0.1) is 0 Å². The minimum Gasteiger partial charge on any atom is -0.454 e. The van der Waals surface area contributed by atoms with Gasteiger partial charge in [-0.2, -0.15) is 0 Å². The molecular weight excluding hydrogens is 328 g/mol. The maximum Gasteiger partial charge on any atom is 0.310 e. The van der Waals surface area contributed by atoms with Crippen LogP contribution in [0, 0.1) is 5.92 Å². The van der Waals surface area contributed by atoms with Gasteiger partial charge in [0.1, 0.15) is 5.82 Å². The number of hydrogen-bond acceptors (Lipinski definition) is 5. The molecule has 1 fully saturated rings. The number of halogens is 1. The van der Waals surface area contributed by atoms with E-state index in [2.05, 4.69) is 9.97 Å². The van der Waals surface area contributed by atoms with Gasteiger partial charge in [0.05, 0.1) is 28.5 Å². The van der Waals surface area contributed by atoms with Crippen molar-refractivity contribution in [1.29, 1.82) is 0 Å². The first-order valence-corrected chi connectivity index (χ1v) is 9.10. The molecule has 118 valence electrons. The van der Waals surface area contributed by atoms with E-state index in [1.54, 1.807) is 25.1 Å². The van der Waals surface area contributed by atoms with E-state index in [-0.39, 0.29) is 11.5 Å². The highest BCUT2D eigenvalue weighted by molar-refractivity contribution is 7.91. The Hall–Kier alpha value is -1.60. The summed E-state index contributed by atoms with van der Waals surface area (Å²) in [6.07, 6.45) is -0.258. The number of carbonyl (C=O) groups is 1. The summed E-state index contributed by atoms with van der Waals surface area (Å²) < 4.78 is 28.2. The molecule has 6 nitrogen and oxygen atoms in total. The molecule has 3 rings (SSSR count). The van der Waals surface area contributed by atoms with Crippen molar-refractivity contribution in [2.24, 2.45) is 5.92 Å². The molecule has 22 heavy (non-hydrogen) atoms. The third-order valence-corrected chi connectivity index (χ3v) is 5.71. The predicted octanol–water partition coefficient (Wildman–Crippen LogP) is 2.26. The van der Waals surface area contributed by atoms with Crippen molar-refractivity contribution in [3.8, 4) is 0 Å². The zero-order valence-corrected chi connectivity index (χ0v) is 13.4. The van der Waals surface area contributed by atoms with Gasteiger partial charge in [0, 0.05) is 5.02 Å². The molecule has 2 unspecified atom stereocenters. The molecule has 0 spiro atoms. The number of carbonyl (C=O) groups excluding carboxylic acids is 1. The molecule has 1 saturated heterocycles. The van der Waals surface area contributed by atoms with Gasteiger partial charge in [0.25, 0.3) is 0 Å². The lowest BCUT2D eigenvalue weighted by Crippen LogP contribution is -2.20. The first kappa shape index (κ1) is 15.3. The highest BCUT2D eigenvalue weighted by Gasteiger charge is 2.35. The SMILES string of the molecule is CC(OC(=O)C1CCS(=O)(=O)C1)c1nc2ccc(Cl)cc2[nH]1. The molecule has 0 bridgehead atoms. The summed E-state index contributed by atoms with van der Waals surface area (Å²) in [5.74, 6) is -0.650. The second kappa shape index (κ2) is 5.55. The minimum atomic E-state index is -3.11. The Kier molecular flexibility index (Phi) is 3.86. The monoisotopic (exact) mass is 342 g/mol. The van der Waals surface area contributed by atoms with E-state index in [0.29, 0.717) is 17.3 Å². The normalized spacial score (nSPS) is 21.8. The number of fused-ring (bicyclic) bond motifs is 1. The Morgan fingerprint density at radius 3 is 2.95 bits per heavy atom. The Bertz CT molecular complexity index is 830. The molecule has 0 aliphatic carbocycles. The van der Waals surface area contributed by atoms with Gasteiger partial charge in [-0.3, -0.25) is 4.79 Å². The lowest BCUT2D eigenvalue weighted by molar-refractivity contribution is -0.153. The fourth-order valence-corrected chi connectivity index (χ4v) is 4.40. The summed E-state index contributed by atoms with van der Waals surface area (Å²) in [5.41, 5.74) is 1.49. The molecule has 8 heteroatoms. The highest BCUT2D eigenvalue weighted by atomic mass is 35.5. The second-order valence-electron chi connectivity index (χ2n) is 5.46. The van der Waals surface area contributed by atoms with E-state index in [9.17, 15) is 13.2 Å². The van der Waals surface area contributed by atoms with Gasteiger partial charge in [0.2, 0.25) is 0 Å². The number of sulfone groups is 1. The van der Waals surface area contributed by atoms with Crippen LogP contribution in [-0.2, 0) is 19.4 Å². The van der Waals surface area contributed by atoms with E-state index < -0.39 is 27.8 Å². The number of rotatable bonds is 3. The number of hydrogen-bond donors (Lipinski definition) is 1. The zero-order valence-electron chi connectivity index (χ0n) is 11.9. The Labute approximate surface area is 132 Å². The molecule has 2 atom stereocenters. The smallest absolute Gasteiger partial charge is 0.310 e. The molecule has 1 N–H and O–H groups in total. The van der Waals surface area contributed by atoms with Crippen molar-refractivity contribution in [2.45, 2.75) is 19.4 Å². The van der Waals surface area contributed by atoms with Gasteiger partial charge in [-0.1, -0.05) is 11.6 Å². The van der Waals surface area contributed by atoms with Crippen molar-refractivity contribution < 1.29 is 17.9 Å². The fourth-order valence-electron chi connectivity index (χ4n) is 2.50. The largest absolute Gasteiger partial charge is 0.454 e. The first-order valence-electron chi connectivity index (χ1n) is 6.90. The van der Waals surface area contributed by atoms with Crippen LogP contribution in [0.1, 0.15) is 25.3 Å². The van der Waals surface area contributed by atoms with E-state index in [4.69, 9.17) is 16.3 Å². The van der Waals surface area contributed by atoms with Crippen LogP contribution in [0.5, 0.6) is 0 Å². The van der Waals surface area contributed by atoms with Crippen LogP contribution in [0.4, 0.5) is 0 Å². The maximum absolute atomic E-state index is 12.0. The molecule has 0 saturated carbocycles. The van der Waals surface area contributed by atoms with Gasteiger partial charge in [-0.05, 0) is 31.5 Å². The number of nitrogens with zero attached hydrogens (tertiary/aromatic N) is 1. The van der Waals surface area contributed by atoms with Crippen LogP contribution in [0.3, 0.4) is 0 Å². The average molecular weight is 343 g/mol. The Balaban J connectivity index is 1.73. The molecular formula is C14H15ClN2O4S. The van der Waals surface area contributed by atoms with Crippen molar-refractivity contribution in [3.63, 3.8) is 0 Å². The summed E-state index contributed by atoms with van der Waals surface area (Å²) in [4.78, 5) is 19.4. The molecule has 1 aromatic carbocycles. The highest BCUT2D eigenvalue weighted by Crippen LogP contribution is 2.25. The predicted molar refractivity (Wildman–Crippen MR) is 82.4 cm³/mol. The number of benzene rings is 1. The standard InChI is InChI=1S/C14H15ClN2O4S/c1-8(21-14(18)9-4-5-22(19,20)7-9)13-16-11-3-2-10(15)6-12(11)17-13/h2-3,6,8-9H,4-5,7H2,1H3,(H,16,17). The molecule has 1 aliphatic rings. The van der Waals surface area contributed by atoms with E-state index in [0.717, 1.165) is 11.0 Å². The third kappa shape index (κ3) is 3.10. The minimum absolute atomic E-state index is 0.0459. The van der Waals surface area contributed by atoms with Crippen LogP contribution in [-0.4, -0.2) is 35.9 Å². The van der Waals surface area contributed by atoms with E-state index in [1.165, 1.54) is 0 Å². The summed E-state index contributed by atoms with van der Waals surface area (Å²) in [5, 5.41) is 0.587. The second-order valence-corrected chi connectivity index (χ2v) is 8.13. The molecule has 1 aromatic heterocycles. The van der Waals surface area contributed by atoms with Gasteiger partial charge >= 0.3 is 5.97 Å². The maximum atomic E-state index is 12.0. The number of esters is 1. The molecule has 0 amide bonds. The van der Waals surface area contributed by atoms with E-state index in [1.807, 2.05) is 0 Å². The van der Waals surface area contributed by atoms with Crippen molar-refractivity contribution >= 4 is 38.4 Å². The topological polar surface area (TPSA) is 89.1 Å². The van der Waals surface area contributed by atoms with Gasteiger partial charge < -0.3 is 9.72 Å². The zero-order chi connectivity index (χ0) is 15.9. The first-order chi connectivity index (χ1) is 10.3. The molecule has 2 aromatic rings. The van der Waals surface area contributed by atoms with Crippen molar-refractivity contribution in [3.05, 3.63) is 29.0 Å². The summed E-state index contributed by atoms with van der Waals surface area (Å²) in [6, 6.07) is 5.25. The Morgan fingerprint density at radius 1 is 1.50 bits per heavy atom. The van der Waals surface area contributed by atoms with Crippen molar-refractivity contribution in [2.75, 3.05) is 11.5 Å². The van der Waals surface area contributed by atoms with Crippen LogP contribution < -0.4 is 0 Å². The summed E-state index contributed by atoms with van der Waals surface area (Å²) >= 11 is 5.91. The van der Waals surface area contributed by atoms with Crippen LogP contribution in [0.15, 0.2) is 18.2 Å². The molecule has 1 aliphatic heterocycles. The Morgan fingerprint density at radius 2 is 2.27 bits per heavy atom. The van der Waals surface area contributed by atoms with Crippen LogP contribution >= 0.6 is 11.6 Å². The number of aromatic nitrogens is 2. The number of aromatic amines is 1. The average Bonchev–Trinajstić information content (AvgIpc) is 3.01. The number of nitrogens with one attached hydrogen (secondary N) is 1.